The van der Waals surface area contributed by atoms with Gasteiger partial charge in [-0.25, -0.2) is 13.2 Å². The standard InChI is InChI=1S/C26H35N3O4S/c1-19(2)20-6-9-23(10-7-20)34(32,33)27-25-11-8-22(18-24(25)26(30)31)29-16-12-21(13-17-29)28-14-4-3-5-15-28/h6-11,18-19,21,27H,3-5,12-17H2,1-2H3,(H,30,31). The Morgan fingerprint density at radius 3 is 2.21 bits per heavy atom. The SMILES string of the molecule is CC(C)c1ccc(S(=O)(=O)Nc2ccc(N3CCC(N4CCCCC4)CC3)cc2C(=O)O)cc1. The number of likely N-dealkylation sites (tertiary alicyclic amines) is 1. The molecule has 0 bridgehead atoms. The Morgan fingerprint density at radius 1 is 0.971 bits per heavy atom. The van der Waals surface area contributed by atoms with Crippen LogP contribution in [0, 0.1) is 0 Å². The highest BCUT2D eigenvalue weighted by molar-refractivity contribution is 7.92. The molecule has 4 rings (SSSR count). The lowest BCUT2D eigenvalue weighted by Crippen LogP contribution is -2.46. The highest BCUT2D eigenvalue weighted by atomic mass is 32.2. The summed E-state index contributed by atoms with van der Waals surface area (Å²) in [5.74, 6) is -0.862. The molecule has 2 N–H and O–H groups in total. The minimum atomic E-state index is -3.90. The molecule has 2 heterocycles. The number of nitrogens with zero attached hydrogens (tertiary/aromatic N) is 2. The Bertz CT molecular complexity index is 1100. The van der Waals surface area contributed by atoms with E-state index in [-0.39, 0.29) is 16.1 Å². The Balaban J connectivity index is 1.48. The summed E-state index contributed by atoms with van der Waals surface area (Å²) < 4.78 is 28.3. The van der Waals surface area contributed by atoms with Crippen LogP contribution in [0.15, 0.2) is 47.4 Å². The molecule has 0 radical (unpaired) electrons. The van der Waals surface area contributed by atoms with Gasteiger partial charge in [-0.15, -0.1) is 0 Å². The molecule has 0 spiro atoms. The van der Waals surface area contributed by atoms with Crippen molar-refractivity contribution in [2.75, 3.05) is 35.8 Å². The summed E-state index contributed by atoms with van der Waals surface area (Å²) in [6.07, 6.45) is 6.00. The third-order valence-corrected chi connectivity index (χ3v) is 8.45. The average molecular weight is 486 g/mol. The molecule has 0 unspecified atom stereocenters. The van der Waals surface area contributed by atoms with Crippen molar-refractivity contribution in [3.05, 3.63) is 53.6 Å². The highest BCUT2D eigenvalue weighted by Gasteiger charge is 2.27. The van der Waals surface area contributed by atoms with Crippen LogP contribution in [0.2, 0.25) is 0 Å². The van der Waals surface area contributed by atoms with E-state index in [0.717, 1.165) is 37.2 Å². The van der Waals surface area contributed by atoms with Crippen molar-refractivity contribution in [1.29, 1.82) is 0 Å². The maximum Gasteiger partial charge on any atom is 0.337 e. The molecule has 2 aromatic carbocycles. The first-order valence-corrected chi connectivity index (χ1v) is 13.7. The molecule has 184 valence electrons. The Kier molecular flexibility index (Phi) is 7.48. The van der Waals surface area contributed by atoms with Gasteiger partial charge in [-0.1, -0.05) is 32.4 Å². The van der Waals surface area contributed by atoms with Crippen LogP contribution in [0.1, 0.15) is 67.8 Å². The summed E-state index contributed by atoms with van der Waals surface area (Å²) in [5, 5.41) is 9.81. The lowest BCUT2D eigenvalue weighted by Gasteiger charge is -2.41. The molecule has 2 aliphatic rings. The smallest absolute Gasteiger partial charge is 0.337 e. The molecule has 0 aromatic heterocycles. The zero-order valence-electron chi connectivity index (χ0n) is 20.0. The van der Waals surface area contributed by atoms with Crippen LogP contribution in [0.5, 0.6) is 0 Å². The van der Waals surface area contributed by atoms with Gasteiger partial charge in [0.25, 0.3) is 10.0 Å². The highest BCUT2D eigenvalue weighted by Crippen LogP contribution is 2.29. The van der Waals surface area contributed by atoms with Gasteiger partial charge in [-0.05, 0) is 80.6 Å². The Labute approximate surface area is 202 Å². The molecule has 7 nitrogen and oxygen atoms in total. The molecular weight excluding hydrogens is 450 g/mol. The van der Waals surface area contributed by atoms with Crippen molar-refractivity contribution in [1.82, 2.24) is 4.90 Å². The first-order valence-electron chi connectivity index (χ1n) is 12.2. The number of sulfonamides is 1. The van der Waals surface area contributed by atoms with Crippen LogP contribution in [-0.4, -0.2) is 56.6 Å². The quantitative estimate of drug-likeness (QED) is 0.588. The second-order valence-electron chi connectivity index (χ2n) is 9.68. The van der Waals surface area contributed by atoms with E-state index in [1.807, 2.05) is 19.9 Å². The van der Waals surface area contributed by atoms with E-state index in [2.05, 4.69) is 14.5 Å². The number of hydrogen-bond acceptors (Lipinski definition) is 5. The Morgan fingerprint density at radius 2 is 1.62 bits per heavy atom. The fourth-order valence-electron chi connectivity index (χ4n) is 5.00. The second kappa shape index (κ2) is 10.4. The number of anilines is 2. The molecule has 2 aliphatic heterocycles. The van der Waals surface area contributed by atoms with E-state index >= 15 is 0 Å². The van der Waals surface area contributed by atoms with Gasteiger partial charge in [0.05, 0.1) is 16.1 Å². The number of carbonyl (C=O) groups is 1. The van der Waals surface area contributed by atoms with E-state index in [9.17, 15) is 18.3 Å². The van der Waals surface area contributed by atoms with Crippen LogP contribution in [-0.2, 0) is 10.0 Å². The fourth-order valence-corrected chi connectivity index (χ4v) is 6.08. The number of carboxylic acid groups (broad SMARTS) is 1. The summed E-state index contributed by atoms with van der Waals surface area (Å²) >= 11 is 0. The van der Waals surface area contributed by atoms with Crippen molar-refractivity contribution in [3.8, 4) is 0 Å². The minimum Gasteiger partial charge on any atom is -0.478 e. The zero-order valence-corrected chi connectivity index (χ0v) is 20.9. The third-order valence-electron chi connectivity index (χ3n) is 7.07. The van der Waals surface area contributed by atoms with Gasteiger partial charge in [0.15, 0.2) is 0 Å². The maximum atomic E-state index is 12.9. The normalized spacial score (nSPS) is 18.3. The first kappa shape index (κ1) is 24.5. The summed E-state index contributed by atoms with van der Waals surface area (Å²) in [7, 11) is -3.90. The third kappa shape index (κ3) is 5.55. The van der Waals surface area contributed by atoms with Gasteiger partial charge in [0, 0.05) is 24.8 Å². The first-order chi connectivity index (χ1) is 16.2. The summed E-state index contributed by atoms with van der Waals surface area (Å²) in [6, 6.07) is 12.2. The van der Waals surface area contributed by atoms with Crippen LogP contribution >= 0.6 is 0 Å². The monoisotopic (exact) mass is 485 g/mol. The number of aromatic carboxylic acids is 1. The molecule has 2 saturated heterocycles. The molecule has 34 heavy (non-hydrogen) atoms. The molecule has 0 aliphatic carbocycles. The van der Waals surface area contributed by atoms with E-state index in [1.54, 1.807) is 36.4 Å². The van der Waals surface area contributed by atoms with Crippen molar-refractivity contribution >= 4 is 27.4 Å². The number of hydrogen-bond donors (Lipinski definition) is 2. The van der Waals surface area contributed by atoms with Gasteiger partial charge in [-0.2, -0.15) is 0 Å². The molecule has 0 atom stereocenters. The average Bonchev–Trinajstić information content (AvgIpc) is 2.84. The topological polar surface area (TPSA) is 90.0 Å². The number of carboxylic acids is 1. The van der Waals surface area contributed by atoms with Gasteiger partial charge < -0.3 is 14.9 Å². The Hall–Kier alpha value is -2.58. The zero-order chi connectivity index (χ0) is 24.3. The lowest BCUT2D eigenvalue weighted by molar-refractivity contribution is 0.0698. The summed E-state index contributed by atoms with van der Waals surface area (Å²) in [5.41, 5.74) is 1.89. The van der Waals surface area contributed by atoms with Crippen molar-refractivity contribution in [2.24, 2.45) is 0 Å². The van der Waals surface area contributed by atoms with Crippen LogP contribution in [0.3, 0.4) is 0 Å². The number of nitrogens with one attached hydrogen (secondary N) is 1. The van der Waals surface area contributed by atoms with Crippen molar-refractivity contribution in [3.63, 3.8) is 0 Å². The predicted octanol–water partition coefficient (Wildman–Crippen LogP) is 4.76. The maximum absolute atomic E-state index is 12.9. The van der Waals surface area contributed by atoms with Gasteiger partial charge in [0.1, 0.15) is 0 Å². The van der Waals surface area contributed by atoms with Gasteiger partial charge in [0.2, 0.25) is 0 Å². The molecular formula is C26H35N3O4S. The van der Waals surface area contributed by atoms with Crippen molar-refractivity contribution < 1.29 is 18.3 Å². The molecule has 8 heteroatoms. The lowest BCUT2D eigenvalue weighted by atomic mass is 9.99. The van der Waals surface area contributed by atoms with E-state index in [4.69, 9.17) is 0 Å². The second-order valence-corrected chi connectivity index (χ2v) is 11.4. The largest absolute Gasteiger partial charge is 0.478 e. The summed E-state index contributed by atoms with van der Waals surface area (Å²) in [6.45, 7) is 8.18. The van der Waals surface area contributed by atoms with Crippen molar-refractivity contribution in [2.45, 2.75) is 62.8 Å². The van der Waals surface area contributed by atoms with Crippen LogP contribution in [0.4, 0.5) is 11.4 Å². The number of piperidine rings is 2. The fraction of sp³-hybridized carbons (Fsp3) is 0.500. The predicted molar refractivity (Wildman–Crippen MR) is 135 cm³/mol. The van der Waals surface area contributed by atoms with E-state index < -0.39 is 16.0 Å². The molecule has 0 amide bonds. The van der Waals surface area contributed by atoms with Gasteiger partial charge in [-0.3, -0.25) is 4.72 Å². The minimum absolute atomic E-state index is 0.0435. The van der Waals surface area contributed by atoms with E-state index in [0.29, 0.717) is 12.0 Å². The molecule has 2 fully saturated rings. The van der Waals surface area contributed by atoms with Crippen LogP contribution in [0.25, 0.3) is 0 Å². The summed E-state index contributed by atoms with van der Waals surface area (Å²) in [4.78, 5) is 16.9. The van der Waals surface area contributed by atoms with E-state index in [1.165, 1.54) is 32.4 Å². The van der Waals surface area contributed by atoms with Gasteiger partial charge >= 0.3 is 5.97 Å². The number of benzene rings is 2. The molecule has 0 saturated carbocycles. The number of rotatable bonds is 7. The van der Waals surface area contributed by atoms with Crippen LogP contribution < -0.4 is 9.62 Å². The molecule has 2 aromatic rings.